The summed E-state index contributed by atoms with van der Waals surface area (Å²) in [5.74, 6) is 1.25. The summed E-state index contributed by atoms with van der Waals surface area (Å²) in [4.78, 5) is 23.9. The number of carbonyl (C=O) groups is 1. The topological polar surface area (TPSA) is 51.2 Å². The van der Waals surface area contributed by atoms with Gasteiger partial charge in [0.1, 0.15) is 0 Å². The number of amides is 1. The van der Waals surface area contributed by atoms with Gasteiger partial charge in [-0.3, -0.25) is 9.69 Å². The number of guanidine groups is 1. The van der Waals surface area contributed by atoms with Crippen molar-refractivity contribution < 1.29 is 4.79 Å². The van der Waals surface area contributed by atoms with E-state index in [2.05, 4.69) is 76.6 Å². The molecule has 0 unspecified atom stereocenters. The Hall–Kier alpha value is -2.86. The zero-order valence-electron chi connectivity index (χ0n) is 19.2. The molecule has 32 heavy (non-hydrogen) atoms. The fourth-order valence-corrected chi connectivity index (χ4v) is 4.49. The molecule has 2 saturated heterocycles. The van der Waals surface area contributed by atoms with Crippen molar-refractivity contribution in [3.8, 4) is 0 Å². The van der Waals surface area contributed by atoms with Gasteiger partial charge in [0.2, 0.25) is 5.91 Å². The summed E-state index contributed by atoms with van der Waals surface area (Å²) < 4.78 is 0. The third-order valence-corrected chi connectivity index (χ3v) is 6.31. The fourth-order valence-electron chi connectivity index (χ4n) is 4.49. The smallest absolute Gasteiger partial charge is 0.222 e. The van der Waals surface area contributed by atoms with Crippen molar-refractivity contribution in [2.75, 3.05) is 39.3 Å². The number of hydrogen-bond acceptors (Lipinski definition) is 3. The Balaban J connectivity index is 1.37. The molecule has 0 atom stereocenters. The Morgan fingerprint density at radius 3 is 2.31 bits per heavy atom. The van der Waals surface area contributed by atoms with E-state index < -0.39 is 0 Å². The molecule has 0 bridgehead atoms. The van der Waals surface area contributed by atoms with Crippen molar-refractivity contribution >= 4 is 11.9 Å². The second-order valence-electron chi connectivity index (χ2n) is 8.61. The fraction of sp³-hybridized carbons (Fsp3) is 0.462. The summed E-state index contributed by atoms with van der Waals surface area (Å²) in [5.41, 5.74) is 3.77. The summed E-state index contributed by atoms with van der Waals surface area (Å²) >= 11 is 0. The molecule has 0 radical (unpaired) electrons. The highest BCUT2D eigenvalue weighted by Gasteiger charge is 2.22. The molecule has 170 valence electrons. The SMILES string of the molecule is CCNC(=NCc1ccccc1CN1CCCC1=O)N1CCN(Cc2ccccc2)CC1. The van der Waals surface area contributed by atoms with E-state index in [1.807, 2.05) is 4.90 Å². The lowest BCUT2D eigenvalue weighted by atomic mass is 10.1. The van der Waals surface area contributed by atoms with Gasteiger partial charge >= 0.3 is 0 Å². The largest absolute Gasteiger partial charge is 0.357 e. The molecule has 0 saturated carbocycles. The summed E-state index contributed by atoms with van der Waals surface area (Å²) in [6.07, 6.45) is 1.65. The van der Waals surface area contributed by atoms with Crippen molar-refractivity contribution in [2.24, 2.45) is 4.99 Å². The maximum atomic E-state index is 12.1. The van der Waals surface area contributed by atoms with Crippen LogP contribution >= 0.6 is 0 Å². The van der Waals surface area contributed by atoms with Gasteiger partial charge in [-0.05, 0) is 30.0 Å². The highest BCUT2D eigenvalue weighted by atomic mass is 16.2. The van der Waals surface area contributed by atoms with Crippen LogP contribution in [0.25, 0.3) is 0 Å². The molecule has 2 aromatic carbocycles. The second kappa shape index (κ2) is 11.1. The molecule has 2 aliphatic rings. The van der Waals surface area contributed by atoms with E-state index in [0.29, 0.717) is 19.5 Å². The van der Waals surface area contributed by atoms with Gasteiger partial charge in [0.15, 0.2) is 5.96 Å². The van der Waals surface area contributed by atoms with Gasteiger partial charge in [-0.25, -0.2) is 4.99 Å². The number of rotatable bonds is 7. The maximum Gasteiger partial charge on any atom is 0.222 e. The van der Waals surface area contributed by atoms with Crippen molar-refractivity contribution in [2.45, 2.75) is 39.4 Å². The first kappa shape index (κ1) is 22.3. The van der Waals surface area contributed by atoms with Crippen molar-refractivity contribution in [3.05, 3.63) is 71.3 Å². The molecule has 6 heteroatoms. The molecule has 4 rings (SSSR count). The van der Waals surface area contributed by atoms with Crippen LogP contribution in [0.5, 0.6) is 0 Å². The number of likely N-dealkylation sites (tertiary alicyclic amines) is 1. The van der Waals surface area contributed by atoms with Crippen LogP contribution in [-0.4, -0.2) is 65.8 Å². The minimum Gasteiger partial charge on any atom is -0.357 e. The molecule has 0 spiro atoms. The molecule has 2 heterocycles. The average Bonchev–Trinajstić information content (AvgIpc) is 3.23. The Morgan fingerprint density at radius 2 is 1.62 bits per heavy atom. The van der Waals surface area contributed by atoms with Gasteiger partial charge in [-0.15, -0.1) is 0 Å². The number of hydrogen-bond donors (Lipinski definition) is 1. The van der Waals surface area contributed by atoms with Gasteiger partial charge in [0, 0.05) is 58.8 Å². The summed E-state index contributed by atoms with van der Waals surface area (Å²) in [7, 11) is 0. The van der Waals surface area contributed by atoms with E-state index in [4.69, 9.17) is 4.99 Å². The Bertz CT molecular complexity index is 905. The van der Waals surface area contributed by atoms with Crippen LogP contribution in [0.3, 0.4) is 0 Å². The average molecular weight is 434 g/mol. The second-order valence-corrected chi connectivity index (χ2v) is 8.61. The quantitative estimate of drug-likeness (QED) is 0.539. The number of nitrogens with zero attached hydrogens (tertiary/aromatic N) is 4. The minimum atomic E-state index is 0.269. The number of aliphatic imine (C=N–C) groups is 1. The summed E-state index contributed by atoms with van der Waals surface area (Å²) in [5, 5.41) is 3.48. The third kappa shape index (κ3) is 5.88. The summed E-state index contributed by atoms with van der Waals surface area (Å²) in [6, 6.07) is 19.1. The normalized spacial score (nSPS) is 17.8. The van der Waals surface area contributed by atoms with Gasteiger partial charge in [0.25, 0.3) is 0 Å². The monoisotopic (exact) mass is 433 g/mol. The lowest BCUT2D eigenvalue weighted by molar-refractivity contribution is -0.128. The molecule has 1 N–H and O–H groups in total. The van der Waals surface area contributed by atoms with Crippen LogP contribution in [-0.2, 0) is 24.4 Å². The molecular formula is C26H35N5O. The summed E-state index contributed by atoms with van der Waals surface area (Å²) in [6.45, 7) is 10.2. The number of benzene rings is 2. The van der Waals surface area contributed by atoms with Crippen LogP contribution in [0.15, 0.2) is 59.6 Å². The first-order chi connectivity index (χ1) is 15.7. The van der Waals surface area contributed by atoms with E-state index in [1.54, 1.807) is 0 Å². The molecule has 6 nitrogen and oxygen atoms in total. The molecule has 2 aliphatic heterocycles. The van der Waals surface area contributed by atoms with Crippen LogP contribution in [0.2, 0.25) is 0 Å². The van der Waals surface area contributed by atoms with Gasteiger partial charge in [-0.2, -0.15) is 0 Å². The zero-order valence-corrected chi connectivity index (χ0v) is 19.2. The van der Waals surface area contributed by atoms with Gasteiger partial charge in [-0.1, -0.05) is 54.6 Å². The molecule has 2 fully saturated rings. The highest BCUT2D eigenvalue weighted by molar-refractivity contribution is 5.80. The van der Waals surface area contributed by atoms with Crippen LogP contribution < -0.4 is 5.32 Å². The molecular weight excluding hydrogens is 398 g/mol. The molecule has 0 aromatic heterocycles. The molecule has 1 amide bonds. The Kier molecular flexibility index (Phi) is 7.77. The predicted molar refractivity (Wildman–Crippen MR) is 129 cm³/mol. The van der Waals surface area contributed by atoms with E-state index in [1.165, 1.54) is 16.7 Å². The van der Waals surface area contributed by atoms with Crippen LogP contribution in [0, 0.1) is 0 Å². The zero-order chi connectivity index (χ0) is 22.2. The Labute approximate surface area is 191 Å². The van der Waals surface area contributed by atoms with Crippen LogP contribution in [0.1, 0.15) is 36.5 Å². The first-order valence-electron chi connectivity index (χ1n) is 11.9. The standard InChI is InChI=1S/C26H35N5O/c1-2-27-26(30-17-15-29(16-18-30)20-22-9-4-3-5-10-22)28-19-23-11-6-7-12-24(23)21-31-14-8-13-25(31)32/h3-7,9-12H,2,8,13-21H2,1H3,(H,27,28). The number of piperazine rings is 1. The first-order valence-corrected chi connectivity index (χ1v) is 11.9. The predicted octanol–water partition coefficient (Wildman–Crippen LogP) is 3.09. The third-order valence-electron chi connectivity index (χ3n) is 6.31. The molecule has 0 aliphatic carbocycles. The van der Waals surface area contributed by atoms with E-state index in [9.17, 15) is 4.79 Å². The Morgan fingerprint density at radius 1 is 0.906 bits per heavy atom. The minimum absolute atomic E-state index is 0.269. The lowest BCUT2D eigenvalue weighted by Gasteiger charge is -2.36. The molecule has 2 aromatic rings. The number of carbonyl (C=O) groups excluding carboxylic acids is 1. The van der Waals surface area contributed by atoms with Gasteiger partial charge < -0.3 is 15.1 Å². The van der Waals surface area contributed by atoms with Crippen LogP contribution in [0.4, 0.5) is 0 Å². The lowest BCUT2D eigenvalue weighted by Crippen LogP contribution is -2.52. The van der Waals surface area contributed by atoms with Crippen molar-refractivity contribution in [3.63, 3.8) is 0 Å². The van der Waals surface area contributed by atoms with Gasteiger partial charge in [0.05, 0.1) is 6.54 Å². The van der Waals surface area contributed by atoms with Crippen molar-refractivity contribution in [1.82, 2.24) is 20.0 Å². The van der Waals surface area contributed by atoms with E-state index in [-0.39, 0.29) is 5.91 Å². The number of nitrogens with one attached hydrogen (secondary N) is 1. The maximum absolute atomic E-state index is 12.1. The van der Waals surface area contributed by atoms with E-state index >= 15 is 0 Å². The van der Waals surface area contributed by atoms with Crippen molar-refractivity contribution in [1.29, 1.82) is 0 Å². The highest BCUT2D eigenvalue weighted by Crippen LogP contribution is 2.18. The van der Waals surface area contributed by atoms with E-state index in [0.717, 1.165) is 58.2 Å².